The van der Waals surface area contributed by atoms with Crippen molar-refractivity contribution in [3.8, 4) is 5.75 Å². The van der Waals surface area contributed by atoms with Crippen LogP contribution < -0.4 is 10.1 Å². The van der Waals surface area contributed by atoms with Gasteiger partial charge in [-0.2, -0.15) is 0 Å². The van der Waals surface area contributed by atoms with Gasteiger partial charge in [-0.05, 0) is 36.1 Å². The molecule has 1 N–H and O–H groups in total. The van der Waals surface area contributed by atoms with Gasteiger partial charge >= 0.3 is 0 Å². The zero-order valence-corrected chi connectivity index (χ0v) is 17.0. The van der Waals surface area contributed by atoms with Crippen molar-refractivity contribution in [1.29, 1.82) is 0 Å². The molecule has 0 bridgehead atoms. The summed E-state index contributed by atoms with van der Waals surface area (Å²) in [6.45, 7) is 0. The minimum Gasteiger partial charge on any atom is -0.497 e. The number of methoxy groups -OCH3 is 1. The molecule has 2 aromatic carbocycles. The molecule has 1 aliphatic carbocycles. The van der Waals surface area contributed by atoms with E-state index < -0.39 is 9.84 Å². The topological polar surface area (TPSA) is 72.5 Å². The van der Waals surface area contributed by atoms with E-state index in [2.05, 4.69) is 5.32 Å². The van der Waals surface area contributed by atoms with Gasteiger partial charge in [0.15, 0.2) is 9.84 Å². The Bertz CT molecular complexity index is 873. The lowest BCUT2D eigenvalue weighted by Crippen LogP contribution is -2.32. The lowest BCUT2D eigenvalue weighted by molar-refractivity contribution is -0.121. The van der Waals surface area contributed by atoms with Gasteiger partial charge in [0.1, 0.15) is 5.75 Å². The summed E-state index contributed by atoms with van der Waals surface area (Å²) in [7, 11) is -1.60. The van der Waals surface area contributed by atoms with Crippen molar-refractivity contribution in [2.75, 3.05) is 12.9 Å². The van der Waals surface area contributed by atoms with Gasteiger partial charge < -0.3 is 10.1 Å². The Labute approximate surface area is 167 Å². The van der Waals surface area contributed by atoms with Gasteiger partial charge in [-0.25, -0.2) is 8.42 Å². The SMILES string of the molecule is COc1ccc([C@H](NC(=O)CCS(=O)(=O)C2CCCC2)c2ccccc2)cc1. The second kappa shape index (κ2) is 9.24. The van der Waals surface area contributed by atoms with Gasteiger partial charge in [0.25, 0.3) is 0 Å². The van der Waals surface area contributed by atoms with E-state index in [-0.39, 0.29) is 29.4 Å². The first-order chi connectivity index (χ1) is 13.5. The van der Waals surface area contributed by atoms with Gasteiger partial charge in [0.05, 0.1) is 24.2 Å². The van der Waals surface area contributed by atoms with Crippen LogP contribution in [0.5, 0.6) is 5.75 Å². The molecule has 1 fully saturated rings. The molecular formula is C22H27NO4S. The van der Waals surface area contributed by atoms with Crippen molar-refractivity contribution in [1.82, 2.24) is 5.32 Å². The number of carbonyl (C=O) groups is 1. The van der Waals surface area contributed by atoms with Gasteiger partial charge in [-0.3, -0.25) is 4.79 Å². The highest BCUT2D eigenvalue weighted by Crippen LogP contribution is 2.26. The molecule has 3 rings (SSSR count). The molecule has 1 atom stereocenters. The predicted octanol–water partition coefficient (Wildman–Crippen LogP) is 3.65. The summed E-state index contributed by atoms with van der Waals surface area (Å²) in [6.07, 6.45) is 3.36. The number of rotatable bonds is 8. The Morgan fingerprint density at radius 2 is 1.64 bits per heavy atom. The molecule has 2 aromatic rings. The minimum absolute atomic E-state index is 0.0156. The summed E-state index contributed by atoms with van der Waals surface area (Å²) in [4.78, 5) is 12.6. The van der Waals surface area contributed by atoms with Crippen LogP contribution in [0.15, 0.2) is 54.6 Å². The largest absolute Gasteiger partial charge is 0.497 e. The van der Waals surface area contributed by atoms with Crippen LogP contribution in [0.3, 0.4) is 0 Å². The van der Waals surface area contributed by atoms with Crippen molar-refractivity contribution < 1.29 is 17.9 Å². The van der Waals surface area contributed by atoms with Gasteiger partial charge in [0.2, 0.25) is 5.91 Å². The molecule has 0 aliphatic heterocycles. The fourth-order valence-corrected chi connectivity index (χ4v) is 5.54. The molecule has 0 radical (unpaired) electrons. The van der Waals surface area contributed by atoms with Crippen LogP contribution in [0.1, 0.15) is 49.3 Å². The van der Waals surface area contributed by atoms with Crippen LogP contribution in [0, 0.1) is 0 Å². The highest BCUT2D eigenvalue weighted by molar-refractivity contribution is 7.92. The zero-order valence-electron chi connectivity index (χ0n) is 16.1. The van der Waals surface area contributed by atoms with Crippen LogP contribution >= 0.6 is 0 Å². The smallest absolute Gasteiger partial charge is 0.221 e. The van der Waals surface area contributed by atoms with E-state index in [4.69, 9.17) is 4.74 Å². The Kier molecular flexibility index (Phi) is 6.73. The molecule has 1 amide bonds. The second-order valence-electron chi connectivity index (χ2n) is 7.21. The highest BCUT2D eigenvalue weighted by atomic mass is 32.2. The van der Waals surface area contributed by atoms with Gasteiger partial charge in [-0.15, -0.1) is 0 Å². The standard InChI is InChI=1S/C22H27NO4S/c1-27-19-13-11-18(12-14-19)22(17-7-3-2-4-8-17)23-21(24)15-16-28(25,26)20-9-5-6-10-20/h2-4,7-8,11-14,20,22H,5-6,9-10,15-16H2,1H3,(H,23,24)/t22-/m1/s1. The maximum Gasteiger partial charge on any atom is 0.221 e. The first-order valence-corrected chi connectivity index (χ1v) is 11.4. The molecule has 1 aliphatic rings. The minimum atomic E-state index is -3.21. The maximum absolute atomic E-state index is 12.6. The third kappa shape index (κ3) is 5.13. The number of hydrogen-bond acceptors (Lipinski definition) is 4. The molecule has 5 nitrogen and oxygen atoms in total. The molecule has 0 heterocycles. The highest BCUT2D eigenvalue weighted by Gasteiger charge is 2.29. The lowest BCUT2D eigenvalue weighted by Gasteiger charge is -2.20. The van der Waals surface area contributed by atoms with Crippen LogP contribution in [0.2, 0.25) is 0 Å². The van der Waals surface area contributed by atoms with E-state index in [1.165, 1.54) is 0 Å². The van der Waals surface area contributed by atoms with Gasteiger partial charge in [-0.1, -0.05) is 55.3 Å². The van der Waals surface area contributed by atoms with Crippen molar-refractivity contribution in [2.24, 2.45) is 0 Å². The molecule has 28 heavy (non-hydrogen) atoms. The third-order valence-corrected chi connectivity index (χ3v) is 7.57. The normalized spacial score (nSPS) is 15.9. The quantitative estimate of drug-likeness (QED) is 0.733. The summed E-state index contributed by atoms with van der Waals surface area (Å²) in [5.74, 6) is 0.393. The summed E-state index contributed by atoms with van der Waals surface area (Å²) >= 11 is 0. The summed E-state index contributed by atoms with van der Waals surface area (Å²) in [6, 6.07) is 16.8. The number of ether oxygens (including phenoxy) is 1. The van der Waals surface area contributed by atoms with E-state index in [0.29, 0.717) is 0 Å². The molecule has 6 heteroatoms. The Balaban J connectivity index is 1.71. The number of sulfone groups is 1. The lowest BCUT2D eigenvalue weighted by atomic mass is 9.98. The average Bonchev–Trinajstić information content (AvgIpc) is 3.27. The molecule has 1 saturated carbocycles. The zero-order chi connectivity index (χ0) is 20.0. The van der Waals surface area contributed by atoms with Crippen LogP contribution in [0.4, 0.5) is 0 Å². The Morgan fingerprint density at radius 3 is 2.25 bits per heavy atom. The van der Waals surface area contributed by atoms with Crippen molar-refractivity contribution in [2.45, 2.75) is 43.4 Å². The number of amides is 1. The number of carbonyl (C=O) groups excluding carboxylic acids is 1. The Morgan fingerprint density at radius 1 is 1.04 bits per heavy atom. The summed E-state index contributed by atoms with van der Waals surface area (Å²) in [5, 5.41) is 2.73. The second-order valence-corrected chi connectivity index (χ2v) is 9.61. The van der Waals surface area contributed by atoms with Crippen molar-refractivity contribution in [3.05, 3.63) is 65.7 Å². The predicted molar refractivity (Wildman–Crippen MR) is 110 cm³/mol. The van der Waals surface area contributed by atoms with E-state index in [1.807, 2.05) is 54.6 Å². The number of hydrogen-bond donors (Lipinski definition) is 1. The third-order valence-electron chi connectivity index (χ3n) is 5.31. The fraction of sp³-hybridized carbons (Fsp3) is 0.409. The fourth-order valence-electron chi connectivity index (χ4n) is 3.68. The van der Waals surface area contributed by atoms with Crippen LogP contribution in [-0.2, 0) is 14.6 Å². The molecule has 0 spiro atoms. The number of nitrogens with one attached hydrogen (secondary N) is 1. The molecule has 0 unspecified atom stereocenters. The van der Waals surface area contributed by atoms with Crippen molar-refractivity contribution in [3.63, 3.8) is 0 Å². The van der Waals surface area contributed by atoms with E-state index in [1.54, 1.807) is 7.11 Å². The first kappa shape index (κ1) is 20.4. The molecular weight excluding hydrogens is 374 g/mol. The molecule has 150 valence electrons. The van der Waals surface area contributed by atoms with E-state index in [9.17, 15) is 13.2 Å². The van der Waals surface area contributed by atoms with E-state index in [0.717, 1.165) is 42.6 Å². The first-order valence-electron chi connectivity index (χ1n) is 9.69. The summed E-state index contributed by atoms with van der Waals surface area (Å²) in [5.41, 5.74) is 1.86. The van der Waals surface area contributed by atoms with Crippen LogP contribution in [-0.4, -0.2) is 32.4 Å². The summed E-state index contributed by atoms with van der Waals surface area (Å²) < 4.78 is 30.1. The molecule has 0 aromatic heterocycles. The van der Waals surface area contributed by atoms with Crippen molar-refractivity contribution >= 4 is 15.7 Å². The van der Waals surface area contributed by atoms with Crippen LogP contribution in [0.25, 0.3) is 0 Å². The Hall–Kier alpha value is -2.34. The molecule has 0 saturated heterocycles. The monoisotopic (exact) mass is 401 g/mol. The van der Waals surface area contributed by atoms with E-state index >= 15 is 0 Å². The maximum atomic E-state index is 12.6. The van der Waals surface area contributed by atoms with Gasteiger partial charge in [0, 0.05) is 6.42 Å². The number of benzene rings is 2. The average molecular weight is 402 g/mol.